The van der Waals surface area contributed by atoms with E-state index in [9.17, 15) is 9.18 Å². The molecule has 0 saturated carbocycles. The van der Waals surface area contributed by atoms with Gasteiger partial charge < -0.3 is 4.90 Å². The minimum atomic E-state index is -0.892. The Morgan fingerprint density at radius 2 is 2.35 bits per heavy atom. The van der Waals surface area contributed by atoms with Gasteiger partial charge in [0.1, 0.15) is 17.9 Å². The predicted molar refractivity (Wildman–Crippen MR) is 96.5 cm³/mol. The number of likely N-dealkylation sites (tertiary alicyclic amines) is 1. The number of halogens is 1. The summed E-state index contributed by atoms with van der Waals surface area (Å²) in [5, 5.41) is 11.8. The third-order valence-corrected chi connectivity index (χ3v) is 5.27. The number of alkyl halides is 1. The molecule has 0 radical (unpaired) electrons. The molecule has 6 nitrogen and oxygen atoms in total. The first-order chi connectivity index (χ1) is 12.5. The highest BCUT2D eigenvalue weighted by Gasteiger charge is 2.34. The van der Waals surface area contributed by atoms with Gasteiger partial charge in [-0.25, -0.2) is 14.4 Å². The Kier molecular flexibility index (Phi) is 5.59. The molecule has 3 heterocycles. The molecule has 0 aromatic carbocycles. The van der Waals surface area contributed by atoms with Crippen LogP contribution in [0.3, 0.4) is 0 Å². The van der Waals surface area contributed by atoms with E-state index in [0.717, 1.165) is 10.7 Å². The molecule has 0 unspecified atom stereocenters. The first kappa shape index (κ1) is 18.4. The van der Waals surface area contributed by atoms with Crippen molar-refractivity contribution in [3.05, 3.63) is 45.7 Å². The molecular formula is C18H20FN5OS. The average Bonchev–Trinajstić information content (AvgIpc) is 3.19. The number of nitriles is 1. The molecule has 0 spiro atoms. The molecular weight excluding hydrogens is 353 g/mol. The third kappa shape index (κ3) is 4.23. The van der Waals surface area contributed by atoms with E-state index >= 15 is 0 Å². The number of likely N-dealkylation sites (N-methyl/N-ethyl adjacent to an activating group) is 1. The molecule has 1 aliphatic heterocycles. The van der Waals surface area contributed by atoms with Crippen LogP contribution in [0.25, 0.3) is 0 Å². The number of amides is 1. The van der Waals surface area contributed by atoms with Crippen LogP contribution in [0.2, 0.25) is 0 Å². The maximum absolute atomic E-state index is 14.0. The zero-order valence-corrected chi connectivity index (χ0v) is 15.5. The molecule has 1 amide bonds. The Hall–Kier alpha value is -2.37. The van der Waals surface area contributed by atoms with E-state index in [4.69, 9.17) is 5.26 Å². The summed E-state index contributed by atoms with van der Waals surface area (Å²) in [7, 11) is 1.69. The number of pyridine rings is 1. The highest BCUT2D eigenvalue weighted by molar-refractivity contribution is 7.09. The minimum Gasteiger partial charge on any atom is -0.339 e. The second-order valence-corrected chi connectivity index (χ2v) is 7.57. The van der Waals surface area contributed by atoms with E-state index in [1.807, 2.05) is 18.4 Å². The predicted octanol–water partition coefficient (Wildman–Crippen LogP) is 2.40. The summed E-state index contributed by atoms with van der Waals surface area (Å²) in [5.74, 6) is -0.235. The first-order valence-corrected chi connectivity index (χ1v) is 9.25. The summed E-state index contributed by atoms with van der Waals surface area (Å²) in [5.41, 5.74) is 1.63. The summed E-state index contributed by atoms with van der Waals surface area (Å²) in [6.45, 7) is 3.32. The topological polar surface area (TPSA) is 73.1 Å². The van der Waals surface area contributed by atoms with E-state index in [-0.39, 0.29) is 17.6 Å². The first-order valence-electron chi connectivity index (χ1n) is 8.37. The second kappa shape index (κ2) is 7.89. The van der Waals surface area contributed by atoms with Crippen LogP contribution in [0.5, 0.6) is 0 Å². The summed E-state index contributed by atoms with van der Waals surface area (Å²) < 4.78 is 14.0. The van der Waals surface area contributed by atoms with Gasteiger partial charge in [-0.15, -0.1) is 11.3 Å². The smallest absolute Gasteiger partial charge is 0.272 e. The van der Waals surface area contributed by atoms with Crippen molar-refractivity contribution in [2.24, 2.45) is 0 Å². The van der Waals surface area contributed by atoms with E-state index in [1.54, 1.807) is 35.4 Å². The molecule has 2 atom stereocenters. The number of carbonyl (C=O) groups is 1. The third-order valence-electron chi connectivity index (χ3n) is 4.45. The fourth-order valence-electron chi connectivity index (χ4n) is 3.18. The van der Waals surface area contributed by atoms with Gasteiger partial charge in [-0.3, -0.25) is 9.69 Å². The largest absolute Gasteiger partial charge is 0.339 e. The zero-order valence-electron chi connectivity index (χ0n) is 14.7. The van der Waals surface area contributed by atoms with Gasteiger partial charge in [0.2, 0.25) is 0 Å². The fourth-order valence-corrected chi connectivity index (χ4v) is 3.78. The number of nitrogens with zero attached hydrogens (tertiary/aromatic N) is 5. The fraction of sp³-hybridized carbons (Fsp3) is 0.444. The van der Waals surface area contributed by atoms with Gasteiger partial charge in [0, 0.05) is 44.3 Å². The monoisotopic (exact) mass is 373 g/mol. The highest BCUT2D eigenvalue weighted by atomic mass is 32.1. The van der Waals surface area contributed by atoms with Gasteiger partial charge in [0.25, 0.3) is 5.91 Å². The number of hydrogen-bond donors (Lipinski definition) is 0. The molecule has 8 heteroatoms. The molecule has 1 aliphatic rings. The normalized spacial score (nSPS) is 20.1. The van der Waals surface area contributed by atoms with Crippen molar-refractivity contribution in [2.45, 2.75) is 32.1 Å². The summed E-state index contributed by atoms with van der Waals surface area (Å²) in [6, 6.07) is 5.03. The van der Waals surface area contributed by atoms with Crippen molar-refractivity contribution in [1.29, 1.82) is 5.26 Å². The van der Waals surface area contributed by atoms with Gasteiger partial charge in [-0.05, 0) is 25.5 Å². The van der Waals surface area contributed by atoms with Crippen molar-refractivity contribution in [1.82, 2.24) is 19.8 Å². The van der Waals surface area contributed by atoms with Crippen LogP contribution in [-0.4, -0.2) is 58.0 Å². The molecule has 0 N–H and O–H groups in total. The highest BCUT2D eigenvalue weighted by Crippen LogP contribution is 2.24. The number of rotatable bonds is 5. The minimum absolute atomic E-state index is 0.0562. The maximum Gasteiger partial charge on any atom is 0.272 e. The van der Waals surface area contributed by atoms with Crippen LogP contribution in [0, 0.1) is 18.3 Å². The molecule has 136 valence electrons. The van der Waals surface area contributed by atoms with Crippen LogP contribution in [0.1, 0.15) is 33.2 Å². The van der Waals surface area contributed by atoms with Crippen molar-refractivity contribution in [2.75, 3.05) is 20.1 Å². The summed E-state index contributed by atoms with van der Waals surface area (Å²) >= 11 is 1.58. The number of aryl methyl sites for hydroxylation is 1. The van der Waals surface area contributed by atoms with Crippen molar-refractivity contribution < 1.29 is 9.18 Å². The quantitative estimate of drug-likeness (QED) is 0.805. The maximum atomic E-state index is 14.0. The molecule has 0 bridgehead atoms. The lowest BCUT2D eigenvalue weighted by Crippen LogP contribution is -2.41. The lowest BCUT2D eigenvalue weighted by molar-refractivity contribution is 0.0743. The lowest BCUT2D eigenvalue weighted by atomic mass is 10.2. The summed E-state index contributed by atoms with van der Waals surface area (Å²) in [6.07, 6.45) is 0.892. The van der Waals surface area contributed by atoms with Crippen LogP contribution in [0.15, 0.2) is 23.7 Å². The number of carbonyl (C=O) groups excluding carboxylic acids is 1. The van der Waals surface area contributed by atoms with Gasteiger partial charge in [0.05, 0.1) is 16.3 Å². The molecule has 3 rings (SSSR count). The van der Waals surface area contributed by atoms with Crippen molar-refractivity contribution >= 4 is 17.2 Å². The Bertz CT molecular complexity index is 816. The van der Waals surface area contributed by atoms with Crippen LogP contribution in [-0.2, 0) is 6.54 Å². The molecule has 2 aromatic rings. The molecule has 0 aliphatic carbocycles. The molecule has 2 aromatic heterocycles. The van der Waals surface area contributed by atoms with Gasteiger partial charge in [0.15, 0.2) is 0 Å². The van der Waals surface area contributed by atoms with Crippen molar-refractivity contribution in [3.8, 4) is 6.07 Å². The molecule has 26 heavy (non-hydrogen) atoms. The van der Waals surface area contributed by atoms with Crippen LogP contribution < -0.4 is 0 Å². The summed E-state index contributed by atoms with van der Waals surface area (Å²) in [4.78, 5) is 24.6. The molecule has 1 fully saturated rings. The van der Waals surface area contributed by atoms with E-state index in [1.165, 1.54) is 6.20 Å². The Morgan fingerprint density at radius 3 is 2.96 bits per heavy atom. The van der Waals surface area contributed by atoms with Gasteiger partial charge >= 0.3 is 0 Å². The van der Waals surface area contributed by atoms with Crippen molar-refractivity contribution in [3.63, 3.8) is 0 Å². The lowest BCUT2D eigenvalue weighted by Gasteiger charge is -2.27. The molecule has 1 saturated heterocycles. The van der Waals surface area contributed by atoms with E-state index < -0.39 is 6.17 Å². The van der Waals surface area contributed by atoms with Crippen LogP contribution >= 0.6 is 11.3 Å². The zero-order chi connectivity index (χ0) is 18.7. The van der Waals surface area contributed by atoms with E-state index in [2.05, 4.69) is 14.9 Å². The SMILES string of the molecule is Cc1nc(CN2C[C@@H](F)C[C@H]2CN(C)C(=O)c2ccc(C#N)cn2)cs1. The van der Waals surface area contributed by atoms with Gasteiger partial charge in [-0.2, -0.15) is 5.26 Å². The Balaban J connectivity index is 1.64. The number of hydrogen-bond acceptors (Lipinski definition) is 6. The standard InChI is InChI=1S/C18H20FN5OS/c1-12-22-15(11-26-12)9-24-8-14(19)5-16(24)10-23(2)18(25)17-4-3-13(6-20)7-21-17/h3-4,7,11,14,16H,5,8-10H2,1-2H3/t14-,16-/m0/s1. The number of thiazole rings is 1. The number of aromatic nitrogens is 2. The van der Waals surface area contributed by atoms with Gasteiger partial charge in [-0.1, -0.05) is 0 Å². The second-order valence-electron chi connectivity index (χ2n) is 6.50. The van der Waals surface area contributed by atoms with Crippen LogP contribution in [0.4, 0.5) is 4.39 Å². The van der Waals surface area contributed by atoms with E-state index in [0.29, 0.717) is 31.6 Å². The Labute approximate surface area is 155 Å². The Morgan fingerprint density at radius 1 is 1.54 bits per heavy atom. The average molecular weight is 373 g/mol.